The minimum absolute atomic E-state index is 0.0173. The Bertz CT molecular complexity index is 6010. The van der Waals surface area contributed by atoms with Crippen molar-refractivity contribution < 1.29 is 108 Å². The Morgan fingerprint density at radius 2 is 0.873 bits per heavy atom. The third kappa shape index (κ3) is 32.1. The predicted octanol–water partition coefficient (Wildman–Crippen LogP) is 21.0. The van der Waals surface area contributed by atoms with Crippen molar-refractivity contribution in [1.29, 1.82) is 0 Å². The summed E-state index contributed by atoms with van der Waals surface area (Å²) in [6.07, 6.45) is -0.435. The SMILES string of the molecule is C=Cc1ccc([N+](=O)[O-])cc1F.CC(=O)Cc1ccc(C2COC(C)(C)O2)c(F)c1.CC1(C)OCC(c2ccc(N)cc2F)O1.CC1(C)OCC(c2ccc([N+](=O)[O-])cc2F)O1.Cc1cc(CCC(=O)Cc2ccc(C3COC(C)(C)O3)c(F)c2)n(-c2cccc(Cl)c2)n1.Cc1cc(CN)n(-c2cccc(Cl)c2)n1.O=[N+]([O-])c1ccc(Br)c(F)c1.O=[N+]([O-])c1ccc(C(O)CO)c(F)c1. The molecule has 5 atom stereocenters. The van der Waals surface area contributed by atoms with Gasteiger partial charge >= 0.3 is 0 Å². The van der Waals surface area contributed by atoms with Crippen LogP contribution >= 0.6 is 39.1 Å². The van der Waals surface area contributed by atoms with Crippen LogP contribution in [0, 0.1) is 95.0 Å². The van der Waals surface area contributed by atoms with E-state index in [0.29, 0.717) is 88.8 Å². The van der Waals surface area contributed by atoms with Gasteiger partial charge in [-0.25, -0.2) is 40.1 Å². The molecule has 0 radical (unpaired) electrons. The first-order valence-electron chi connectivity index (χ1n) is 41.0. The summed E-state index contributed by atoms with van der Waals surface area (Å²) in [5, 5.41) is 68.8. The molecule has 6 N–H and O–H groups in total. The Morgan fingerprint density at radius 1 is 0.507 bits per heavy atom. The molecule has 4 aliphatic heterocycles. The van der Waals surface area contributed by atoms with Crippen LogP contribution in [0.25, 0.3) is 17.5 Å². The number of ketones is 2. The van der Waals surface area contributed by atoms with Crippen molar-refractivity contribution in [3.63, 3.8) is 0 Å². The lowest BCUT2D eigenvalue weighted by Gasteiger charge is -2.17. The van der Waals surface area contributed by atoms with Crippen molar-refractivity contribution in [3.8, 4) is 11.4 Å². The van der Waals surface area contributed by atoms with Crippen LogP contribution in [0.2, 0.25) is 10.0 Å². The van der Waals surface area contributed by atoms with Crippen LogP contribution in [0.5, 0.6) is 0 Å². The number of carbonyl (C=O) groups is 2. The van der Waals surface area contributed by atoms with Crippen LogP contribution in [0.15, 0.2) is 199 Å². The summed E-state index contributed by atoms with van der Waals surface area (Å²) in [6, 6.07) is 46.4. The van der Waals surface area contributed by atoms with Crippen LogP contribution in [0.3, 0.4) is 0 Å². The number of ether oxygens (including phenoxy) is 8. The Balaban J connectivity index is 0.000000193. The number of aryl methyl sites for hydroxylation is 3. The first-order valence-corrected chi connectivity index (χ1v) is 42.6. The molecule has 5 unspecified atom stereocenters. The number of halogens is 10. The summed E-state index contributed by atoms with van der Waals surface area (Å²) in [5.41, 5.74) is 19.0. The van der Waals surface area contributed by atoms with Gasteiger partial charge in [-0.05, 0) is 207 Å². The summed E-state index contributed by atoms with van der Waals surface area (Å²) in [5.74, 6) is -6.60. The lowest BCUT2D eigenvalue weighted by Crippen LogP contribution is -2.19. The molecule has 0 bridgehead atoms. The second-order valence-electron chi connectivity index (χ2n) is 32.0. The summed E-state index contributed by atoms with van der Waals surface area (Å²) in [4.78, 5) is 61.9. The third-order valence-corrected chi connectivity index (χ3v) is 20.8. The molecular weight excluding hydrogens is 1870 g/mol. The molecular formula is C94H98BrCl2F7N10O20. The molecule has 0 saturated carbocycles. The van der Waals surface area contributed by atoms with E-state index >= 15 is 0 Å². The molecule has 4 saturated heterocycles. The van der Waals surface area contributed by atoms with E-state index in [2.05, 4.69) is 32.7 Å². The van der Waals surface area contributed by atoms with E-state index < -0.39 is 96.7 Å². The zero-order valence-corrected chi connectivity index (χ0v) is 77.5. The zero-order chi connectivity index (χ0) is 99.0. The van der Waals surface area contributed by atoms with E-state index in [-0.39, 0.29) is 98.9 Å². The minimum atomic E-state index is -1.35. The molecule has 15 rings (SSSR count). The highest BCUT2D eigenvalue weighted by molar-refractivity contribution is 9.10. The van der Waals surface area contributed by atoms with Gasteiger partial charge < -0.3 is 59.6 Å². The number of rotatable bonds is 21. The van der Waals surface area contributed by atoms with Gasteiger partial charge in [0, 0.05) is 105 Å². The van der Waals surface area contributed by atoms with Crippen LogP contribution in [0.1, 0.15) is 167 Å². The Hall–Kier alpha value is -12.0. The van der Waals surface area contributed by atoms with E-state index in [1.54, 1.807) is 77.9 Å². The highest BCUT2D eigenvalue weighted by Gasteiger charge is 2.39. The van der Waals surface area contributed by atoms with E-state index in [4.69, 9.17) is 82.8 Å². The van der Waals surface area contributed by atoms with Crippen LogP contribution in [-0.2, 0) is 73.3 Å². The molecule has 40 heteroatoms. The summed E-state index contributed by atoms with van der Waals surface area (Å²) >= 11 is 14.9. The van der Waals surface area contributed by atoms with Crippen molar-refractivity contribution in [1.82, 2.24) is 19.6 Å². The second kappa shape index (κ2) is 48.3. The number of aromatic nitrogens is 4. The molecule has 9 aromatic carbocycles. The Morgan fingerprint density at radius 3 is 1.23 bits per heavy atom. The number of benzene rings is 9. The van der Waals surface area contributed by atoms with Crippen LogP contribution in [0.4, 0.5) is 59.2 Å². The minimum Gasteiger partial charge on any atom is -0.399 e. The fourth-order valence-electron chi connectivity index (χ4n) is 13.3. The highest BCUT2D eigenvalue weighted by Crippen LogP contribution is 2.40. The number of carbonyl (C=O) groups excluding carboxylic acids is 2. The quantitative estimate of drug-likeness (QED) is 0.0225. The lowest BCUT2D eigenvalue weighted by atomic mass is 10.0. The lowest BCUT2D eigenvalue weighted by molar-refractivity contribution is -0.385. The first kappa shape index (κ1) is 107. The number of nitrogens with zero attached hydrogens (tertiary/aromatic N) is 8. The van der Waals surface area contributed by atoms with E-state index in [9.17, 15) is 80.8 Å². The zero-order valence-electron chi connectivity index (χ0n) is 74.4. The number of nitro groups is 4. The summed E-state index contributed by atoms with van der Waals surface area (Å²) in [7, 11) is 0. The standard InChI is InChI=1S/C25H26ClFN2O3.C14H17FO3.C11H12ClN3.C11H12FNO4.C11H14FNO2.C8H8FNO4.C8H6FNO2.C6H3BrFNO2/c1-16-11-20(29(28-16)19-6-4-5-18(26)14-19)8-9-21(30)12-17-7-10-22(23(27)13-17)24-15-31-25(2,3)32-24;1-9(16)6-10-4-5-11(12(15)7-10)13-8-17-14(2,3)18-13;1-8-5-11(7-13)15(14-8)10-4-2-3-9(12)6-10;1-11(2)16-6-10(17-11)8-4-3-7(13(14)15)5-9(8)12;1-11(2)14-6-10(15-11)8-4-3-7(13)5-9(8)12;9-7-3-5(10(13)14)1-2-6(7)8(12)4-11;1-2-6-3-4-7(10(11)12)5-8(6)9;7-5-2-1-4(9(10)11)3-6(5)8/h4-7,10-11,13-14,24H,8-9,12,15H2,1-3H3;4-5,7,13H,6,8H2,1-3H3;2-6H,7,13H2,1H3;3-5,10H,6H2,1-2H3;3-5,10H,6,13H2,1-2H3;1-3,8,11-12H,4H2;2-5H,1H2;1-3H. The van der Waals surface area contributed by atoms with Gasteiger partial charge in [-0.3, -0.25) is 50.0 Å². The number of non-ortho nitro benzene ring substituents is 4. The number of aliphatic hydroxyl groups excluding tert-OH is 2. The summed E-state index contributed by atoms with van der Waals surface area (Å²) in [6.45, 7) is 24.1. The number of hydrogen-bond donors (Lipinski definition) is 4. The van der Waals surface area contributed by atoms with Crippen LogP contribution in [-0.4, -0.2) is 117 Å². The molecule has 30 nitrogen and oxygen atoms in total. The predicted molar refractivity (Wildman–Crippen MR) is 487 cm³/mol. The van der Waals surface area contributed by atoms with Crippen LogP contribution < -0.4 is 11.5 Å². The van der Waals surface area contributed by atoms with E-state index in [1.165, 1.54) is 67.6 Å². The van der Waals surface area contributed by atoms with Gasteiger partial charge in [0.1, 0.15) is 82.8 Å². The van der Waals surface area contributed by atoms with Crippen molar-refractivity contribution >= 4 is 85.2 Å². The van der Waals surface area contributed by atoms with Gasteiger partial charge in [-0.2, -0.15) is 10.2 Å². The maximum atomic E-state index is 14.7. The molecule has 4 fully saturated rings. The van der Waals surface area contributed by atoms with Gasteiger partial charge in [0.05, 0.1) is 110 Å². The van der Waals surface area contributed by atoms with Crippen molar-refractivity contribution in [3.05, 3.63) is 358 Å². The molecule has 0 amide bonds. The topological polar surface area (TPSA) is 409 Å². The fraction of sp³-hybridized carbons (Fsp3) is 0.319. The van der Waals surface area contributed by atoms with Crippen molar-refractivity contribution in [2.75, 3.05) is 38.8 Å². The summed E-state index contributed by atoms with van der Waals surface area (Å²) < 4.78 is 142. The normalized spacial score (nSPS) is 16.9. The number of aliphatic hydroxyl groups is 2. The molecule has 11 aromatic rings. The maximum absolute atomic E-state index is 14.7. The number of Topliss-reactive ketones (excluding diaryl/α,β-unsaturated/α-hetero) is 2. The smallest absolute Gasteiger partial charge is 0.272 e. The van der Waals surface area contributed by atoms with E-state index in [0.717, 1.165) is 64.5 Å². The number of hydrogen-bond acceptors (Lipinski definition) is 24. The fourth-order valence-corrected chi connectivity index (χ4v) is 13.9. The van der Waals surface area contributed by atoms with Gasteiger partial charge in [0.2, 0.25) is 0 Å². The van der Waals surface area contributed by atoms with Crippen molar-refractivity contribution in [2.24, 2.45) is 5.73 Å². The highest BCUT2D eigenvalue weighted by atomic mass is 79.9. The Kier molecular flexibility index (Phi) is 38.7. The molecule has 6 heterocycles. The average Bonchev–Trinajstić information content (AvgIpc) is 1.71. The average molecular weight is 1970 g/mol. The monoisotopic (exact) mass is 1970 g/mol. The number of nitrogen functional groups attached to an aromatic ring is 1. The van der Waals surface area contributed by atoms with Crippen molar-refractivity contribution in [2.45, 2.75) is 162 Å². The number of anilines is 1. The molecule has 4 aliphatic rings. The number of nitro benzene ring substituents is 4. The van der Waals surface area contributed by atoms with Gasteiger partial charge in [-0.1, -0.05) is 78.3 Å². The second-order valence-corrected chi connectivity index (χ2v) is 33.8. The van der Waals surface area contributed by atoms with Gasteiger partial charge in [0.25, 0.3) is 22.7 Å². The maximum Gasteiger partial charge on any atom is 0.272 e. The van der Waals surface area contributed by atoms with Gasteiger partial charge in [-0.15, -0.1) is 0 Å². The third-order valence-electron chi connectivity index (χ3n) is 19.7. The molecule has 134 heavy (non-hydrogen) atoms. The molecule has 2 aromatic heterocycles. The number of nitrogens with two attached hydrogens (primary N) is 2. The largest absolute Gasteiger partial charge is 0.399 e. The van der Waals surface area contributed by atoms with E-state index in [1.807, 2.05) is 97.7 Å². The molecule has 0 aliphatic carbocycles. The Labute approximate surface area is 784 Å². The van der Waals surface area contributed by atoms with Gasteiger partial charge in [0.15, 0.2) is 23.1 Å². The molecule has 0 spiro atoms. The molecule has 714 valence electrons. The first-order chi connectivity index (χ1) is 63.0.